The summed E-state index contributed by atoms with van der Waals surface area (Å²) >= 11 is 6.88. The van der Waals surface area contributed by atoms with E-state index in [1.807, 2.05) is 12.1 Å². The molecule has 1 aromatic rings. The highest BCUT2D eigenvalue weighted by Crippen LogP contribution is 2.34. The van der Waals surface area contributed by atoms with Gasteiger partial charge < -0.3 is 15.2 Å². The molecule has 1 aromatic carbocycles. The van der Waals surface area contributed by atoms with Crippen LogP contribution in [0.15, 0.2) is 21.1 Å². The van der Waals surface area contributed by atoms with Crippen LogP contribution in [0.25, 0.3) is 0 Å². The van der Waals surface area contributed by atoms with E-state index in [9.17, 15) is 0 Å². The fraction of sp³-hybridized carbons (Fsp3) is 0.400. The minimum absolute atomic E-state index is 0.509. The molecule has 0 radical (unpaired) electrons. The second kappa shape index (κ2) is 6.48. The van der Waals surface area contributed by atoms with Crippen molar-refractivity contribution in [3.8, 4) is 5.75 Å². The highest BCUT2D eigenvalue weighted by molar-refractivity contribution is 9.11. The van der Waals surface area contributed by atoms with Gasteiger partial charge in [0.1, 0.15) is 12.4 Å². The SMILES string of the molecule is COCCOc1c(Br)cc(CN)cc1Br. The first-order chi connectivity index (χ1) is 7.19. The Morgan fingerprint density at radius 3 is 2.27 bits per heavy atom. The van der Waals surface area contributed by atoms with E-state index >= 15 is 0 Å². The van der Waals surface area contributed by atoms with Crippen molar-refractivity contribution in [2.75, 3.05) is 20.3 Å². The molecule has 15 heavy (non-hydrogen) atoms. The van der Waals surface area contributed by atoms with Gasteiger partial charge in [0.2, 0.25) is 0 Å². The van der Waals surface area contributed by atoms with Gasteiger partial charge in [-0.05, 0) is 49.6 Å². The van der Waals surface area contributed by atoms with E-state index < -0.39 is 0 Å². The summed E-state index contributed by atoms with van der Waals surface area (Å²) in [4.78, 5) is 0. The normalized spacial score (nSPS) is 10.4. The number of hydrogen-bond donors (Lipinski definition) is 1. The number of rotatable bonds is 5. The van der Waals surface area contributed by atoms with E-state index in [1.165, 1.54) is 0 Å². The zero-order valence-electron chi connectivity index (χ0n) is 8.43. The lowest BCUT2D eigenvalue weighted by molar-refractivity contribution is 0.145. The molecule has 2 N–H and O–H groups in total. The molecule has 0 unspecified atom stereocenters. The number of nitrogens with two attached hydrogens (primary N) is 1. The summed E-state index contributed by atoms with van der Waals surface area (Å²) in [6.45, 7) is 1.60. The quantitative estimate of drug-likeness (QED) is 0.839. The van der Waals surface area contributed by atoms with Crippen LogP contribution < -0.4 is 10.5 Å². The third-order valence-electron chi connectivity index (χ3n) is 1.83. The molecule has 0 spiro atoms. The van der Waals surface area contributed by atoms with Gasteiger partial charge in [0.25, 0.3) is 0 Å². The van der Waals surface area contributed by atoms with Gasteiger partial charge in [-0.25, -0.2) is 0 Å². The fourth-order valence-corrected chi connectivity index (χ4v) is 2.61. The van der Waals surface area contributed by atoms with Crippen molar-refractivity contribution >= 4 is 31.9 Å². The Balaban J connectivity index is 2.79. The summed E-state index contributed by atoms with van der Waals surface area (Å²) in [5.41, 5.74) is 6.61. The van der Waals surface area contributed by atoms with Crippen molar-refractivity contribution in [1.82, 2.24) is 0 Å². The topological polar surface area (TPSA) is 44.5 Å². The van der Waals surface area contributed by atoms with Gasteiger partial charge >= 0.3 is 0 Å². The molecule has 0 aromatic heterocycles. The van der Waals surface area contributed by atoms with Crippen LogP contribution in [0.1, 0.15) is 5.56 Å². The van der Waals surface area contributed by atoms with Crippen molar-refractivity contribution in [2.24, 2.45) is 5.73 Å². The average Bonchev–Trinajstić information content (AvgIpc) is 2.22. The van der Waals surface area contributed by atoms with Crippen molar-refractivity contribution < 1.29 is 9.47 Å². The summed E-state index contributed by atoms with van der Waals surface area (Å²) in [7, 11) is 1.64. The van der Waals surface area contributed by atoms with Gasteiger partial charge in [0.15, 0.2) is 0 Å². The molecule has 0 aliphatic heterocycles. The van der Waals surface area contributed by atoms with Gasteiger partial charge in [-0.1, -0.05) is 0 Å². The molecule has 0 bridgehead atoms. The number of methoxy groups -OCH3 is 1. The first kappa shape index (κ1) is 13.0. The second-order valence-corrected chi connectivity index (χ2v) is 4.64. The van der Waals surface area contributed by atoms with E-state index in [4.69, 9.17) is 15.2 Å². The van der Waals surface area contributed by atoms with E-state index in [0.29, 0.717) is 19.8 Å². The third kappa shape index (κ3) is 3.75. The minimum Gasteiger partial charge on any atom is -0.489 e. The van der Waals surface area contributed by atoms with Crippen molar-refractivity contribution in [3.63, 3.8) is 0 Å². The summed E-state index contributed by atoms with van der Waals surface area (Å²) in [5, 5.41) is 0. The maximum absolute atomic E-state index is 5.56. The lowest BCUT2D eigenvalue weighted by Crippen LogP contribution is -2.06. The van der Waals surface area contributed by atoms with Gasteiger partial charge in [0, 0.05) is 13.7 Å². The van der Waals surface area contributed by atoms with Crippen LogP contribution in [-0.4, -0.2) is 20.3 Å². The van der Waals surface area contributed by atoms with Gasteiger partial charge in [-0.2, -0.15) is 0 Å². The Kier molecular flexibility index (Phi) is 5.60. The zero-order valence-corrected chi connectivity index (χ0v) is 11.6. The van der Waals surface area contributed by atoms with Crippen molar-refractivity contribution in [2.45, 2.75) is 6.54 Å². The molecule has 0 amide bonds. The van der Waals surface area contributed by atoms with E-state index in [-0.39, 0.29) is 0 Å². The van der Waals surface area contributed by atoms with Crippen LogP contribution in [0.2, 0.25) is 0 Å². The molecular weight excluding hydrogens is 326 g/mol. The van der Waals surface area contributed by atoms with E-state index in [0.717, 1.165) is 20.3 Å². The van der Waals surface area contributed by atoms with Gasteiger partial charge in [0.05, 0.1) is 15.6 Å². The maximum Gasteiger partial charge on any atom is 0.147 e. The van der Waals surface area contributed by atoms with Crippen LogP contribution in [0, 0.1) is 0 Å². The molecule has 3 nitrogen and oxygen atoms in total. The average molecular weight is 339 g/mol. The predicted octanol–water partition coefficient (Wildman–Crippen LogP) is 2.70. The van der Waals surface area contributed by atoms with Crippen LogP contribution in [-0.2, 0) is 11.3 Å². The highest BCUT2D eigenvalue weighted by atomic mass is 79.9. The first-order valence-electron chi connectivity index (χ1n) is 4.48. The summed E-state index contributed by atoms with van der Waals surface area (Å²) in [6.07, 6.45) is 0. The first-order valence-corrected chi connectivity index (χ1v) is 6.07. The molecule has 0 atom stereocenters. The number of halogens is 2. The largest absolute Gasteiger partial charge is 0.489 e. The lowest BCUT2D eigenvalue weighted by Gasteiger charge is -2.11. The van der Waals surface area contributed by atoms with Crippen LogP contribution in [0.3, 0.4) is 0 Å². The van der Waals surface area contributed by atoms with Crippen LogP contribution in [0.4, 0.5) is 0 Å². The Labute approximate surface area is 106 Å². The van der Waals surface area contributed by atoms with E-state index in [1.54, 1.807) is 7.11 Å². The standard InChI is InChI=1S/C10H13Br2NO2/c1-14-2-3-15-10-8(11)4-7(6-13)5-9(10)12/h4-5H,2-3,6,13H2,1H3. The third-order valence-corrected chi connectivity index (χ3v) is 3.01. The Bertz CT molecular complexity index is 308. The molecule has 0 saturated carbocycles. The number of hydrogen-bond acceptors (Lipinski definition) is 3. The second-order valence-electron chi connectivity index (χ2n) is 2.93. The van der Waals surface area contributed by atoms with Gasteiger partial charge in [-0.3, -0.25) is 0 Å². The number of ether oxygens (including phenoxy) is 2. The minimum atomic E-state index is 0.509. The summed E-state index contributed by atoms with van der Waals surface area (Å²) < 4.78 is 12.3. The van der Waals surface area contributed by atoms with Crippen LogP contribution in [0.5, 0.6) is 5.75 Å². The fourth-order valence-electron chi connectivity index (χ4n) is 1.10. The summed E-state index contributed by atoms with van der Waals surface area (Å²) in [5.74, 6) is 0.782. The lowest BCUT2D eigenvalue weighted by atomic mass is 10.2. The molecule has 0 aliphatic rings. The van der Waals surface area contributed by atoms with E-state index in [2.05, 4.69) is 31.9 Å². The molecule has 5 heteroatoms. The Morgan fingerprint density at radius 2 is 1.80 bits per heavy atom. The zero-order chi connectivity index (χ0) is 11.3. The Morgan fingerprint density at radius 1 is 1.20 bits per heavy atom. The highest BCUT2D eigenvalue weighted by Gasteiger charge is 2.08. The predicted molar refractivity (Wildman–Crippen MR) is 67.1 cm³/mol. The molecule has 1 rings (SSSR count). The summed E-state index contributed by atoms with van der Waals surface area (Å²) in [6, 6.07) is 3.90. The maximum atomic E-state index is 5.56. The van der Waals surface area contributed by atoms with Gasteiger partial charge in [-0.15, -0.1) is 0 Å². The number of benzene rings is 1. The monoisotopic (exact) mass is 337 g/mol. The molecule has 0 aliphatic carbocycles. The smallest absolute Gasteiger partial charge is 0.147 e. The van der Waals surface area contributed by atoms with Crippen molar-refractivity contribution in [3.05, 3.63) is 26.6 Å². The molecule has 0 fully saturated rings. The van der Waals surface area contributed by atoms with Crippen molar-refractivity contribution in [1.29, 1.82) is 0 Å². The molecule has 0 heterocycles. The molecule has 84 valence electrons. The van der Waals surface area contributed by atoms with Crippen LogP contribution >= 0.6 is 31.9 Å². The molecular formula is C10H13Br2NO2. The Hall–Kier alpha value is -0.100. The molecule has 0 saturated heterocycles.